The second kappa shape index (κ2) is 7.37. The average Bonchev–Trinajstić information content (AvgIpc) is 3.06. The fourth-order valence-electron chi connectivity index (χ4n) is 2.87. The van der Waals surface area contributed by atoms with Gasteiger partial charge < -0.3 is 18.9 Å². The molecule has 1 aromatic heterocycles. The van der Waals surface area contributed by atoms with Gasteiger partial charge in [0, 0.05) is 6.92 Å². The highest BCUT2D eigenvalue weighted by Crippen LogP contribution is 2.29. The summed E-state index contributed by atoms with van der Waals surface area (Å²) in [5, 5.41) is 11.6. The lowest BCUT2D eigenvalue weighted by Crippen LogP contribution is -2.43. The van der Waals surface area contributed by atoms with Crippen molar-refractivity contribution in [2.45, 2.75) is 70.5 Å². The molecule has 0 aromatic carbocycles. The first-order valence-corrected chi connectivity index (χ1v) is 8.07. The average molecular weight is 338 g/mol. The third-order valence-electron chi connectivity index (χ3n) is 4.10. The van der Waals surface area contributed by atoms with Crippen LogP contribution < -0.4 is 0 Å². The van der Waals surface area contributed by atoms with Crippen molar-refractivity contribution in [2.75, 3.05) is 0 Å². The Bertz CT molecular complexity index is 578. The predicted molar refractivity (Wildman–Crippen MR) is 80.5 cm³/mol. The maximum absolute atomic E-state index is 11.1. The zero-order valence-electron chi connectivity index (χ0n) is 13.9. The summed E-state index contributed by atoms with van der Waals surface area (Å²) in [6.07, 6.45) is 4.89. The fourth-order valence-corrected chi connectivity index (χ4v) is 2.87. The molecule has 0 saturated carbocycles. The van der Waals surface area contributed by atoms with Gasteiger partial charge in [0.15, 0.2) is 18.8 Å². The van der Waals surface area contributed by atoms with Crippen LogP contribution in [0.4, 0.5) is 0 Å². The molecule has 9 nitrogen and oxygen atoms in total. The minimum Gasteiger partial charge on any atom is -0.456 e. The summed E-state index contributed by atoms with van der Waals surface area (Å²) in [4.78, 5) is 12.5. The van der Waals surface area contributed by atoms with Crippen LogP contribution in [-0.4, -0.2) is 56.9 Å². The molecule has 1 aromatic rings. The maximum atomic E-state index is 11.1. The summed E-state index contributed by atoms with van der Waals surface area (Å²) in [6.45, 7) is 5.18. The molecule has 0 aliphatic carbocycles. The van der Waals surface area contributed by atoms with Gasteiger partial charge in [0.1, 0.15) is 6.10 Å². The second-order valence-electron chi connectivity index (χ2n) is 5.97. The normalized spacial score (nSPS) is 36.5. The predicted octanol–water partition coefficient (Wildman–Crippen LogP) is 0.989. The minimum absolute atomic E-state index is 0.100. The number of rotatable bonds is 4. The van der Waals surface area contributed by atoms with Gasteiger partial charge in [-0.05, 0) is 44.1 Å². The van der Waals surface area contributed by atoms with Crippen LogP contribution in [0.5, 0.6) is 0 Å². The number of hydrogen-bond donors (Lipinski definition) is 0. The number of esters is 1. The van der Waals surface area contributed by atoms with E-state index >= 15 is 0 Å². The first kappa shape index (κ1) is 17.0. The van der Waals surface area contributed by atoms with Crippen molar-refractivity contribution in [3.63, 3.8) is 0 Å². The van der Waals surface area contributed by atoms with Gasteiger partial charge in [-0.1, -0.05) is 0 Å². The number of ether oxygens (including phenoxy) is 4. The quantitative estimate of drug-likeness (QED) is 0.592. The Morgan fingerprint density at radius 2 is 2.04 bits per heavy atom. The second-order valence-corrected chi connectivity index (χ2v) is 5.97. The van der Waals surface area contributed by atoms with Crippen LogP contribution in [0.1, 0.15) is 39.8 Å². The molecule has 2 aliphatic rings. The number of tetrazole rings is 1. The largest absolute Gasteiger partial charge is 0.456 e. The summed E-state index contributed by atoms with van der Waals surface area (Å²) in [6, 6.07) is 0. The van der Waals surface area contributed by atoms with Gasteiger partial charge in [-0.15, -0.1) is 15.0 Å². The summed E-state index contributed by atoms with van der Waals surface area (Å²) < 4.78 is 22.8. The zero-order valence-corrected chi connectivity index (χ0v) is 13.9. The van der Waals surface area contributed by atoms with E-state index in [1.807, 2.05) is 13.8 Å². The molecule has 1 fully saturated rings. The maximum Gasteiger partial charge on any atom is 0.303 e. The van der Waals surface area contributed by atoms with Crippen molar-refractivity contribution in [2.24, 2.45) is 0 Å². The minimum atomic E-state index is -0.482. The van der Waals surface area contributed by atoms with Gasteiger partial charge in [0.05, 0.1) is 18.3 Å². The van der Waals surface area contributed by atoms with Crippen molar-refractivity contribution in [1.82, 2.24) is 20.2 Å². The lowest BCUT2D eigenvalue weighted by Gasteiger charge is -2.37. The summed E-state index contributed by atoms with van der Waals surface area (Å²) in [5.41, 5.74) is 0. The van der Waals surface area contributed by atoms with Crippen LogP contribution in [0.25, 0.3) is 0 Å². The van der Waals surface area contributed by atoms with Crippen molar-refractivity contribution in [3.8, 4) is 0 Å². The van der Waals surface area contributed by atoms with Crippen molar-refractivity contribution < 1.29 is 23.7 Å². The van der Waals surface area contributed by atoms with E-state index in [-0.39, 0.29) is 36.6 Å². The lowest BCUT2D eigenvalue weighted by molar-refractivity contribution is -0.236. The Hall–Kier alpha value is -1.84. The van der Waals surface area contributed by atoms with Crippen LogP contribution in [0.2, 0.25) is 0 Å². The first-order chi connectivity index (χ1) is 11.5. The van der Waals surface area contributed by atoms with E-state index in [0.717, 1.165) is 12.8 Å². The zero-order chi connectivity index (χ0) is 17.1. The van der Waals surface area contributed by atoms with E-state index in [1.165, 1.54) is 18.0 Å². The molecule has 6 atom stereocenters. The van der Waals surface area contributed by atoms with Gasteiger partial charge in [-0.2, -0.15) is 0 Å². The van der Waals surface area contributed by atoms with Crippen molar-refractivity contribution in [3.05, 3.63) is 18.5 Å². The van der Waals surface area contributed by atoms with Crippen LogP contribution >= 0.6 is 0 Å². The Balaban J connectivity index is 1.53. The van der Waals surface area contributed by atoms with Crippen molar-refractivity contribution >= 4 is 5.97 Å². The molecule has 132 valence electrons. The molecule has 1 saturated heterocycles. The molecule has 9 heteroatoms. The van der Waals surface area contributed by atoms with E-state index in [0.29, 0.717) is 0 Å². The summed E-state index contributed by atoms with van der Waals surface area (Å²) in [5.74, 6) is -0.332. The van der Waals surface area contributed by atoms with E-state index in [1.54, 1.807) is 12.2 Å². The van der Waals surface area contributed by atoms with Crippen LogP contribution in [-0.2, 0) is 23.7 Å². The Kier molecular flexibility index (Phi) is 5.22. The number of hydrogen-bond acceptors (Lipinski definition) is 8. The van der Waals surface area contributed by atoms with Gasteiger partial charge in [-0.3, -0.25) is 4.79 Å². The topological polar surface area (TPSA) is 97.6 Å². The van der Waals surface area contributed by atoms with Gasteiger partial charge in [0.25, 0.3) is 0 Å². The number of nitrogens with zero attached hydrogens (tertiary/aromatic N) is 4. The molecule has 2 aliphatic heterocycles. The molecule has 24 heavy (non-hydrogen) atoms. The standard InChI is InChI=1S/C15H22N4O5/c1-9-13(4-6-14(21-9)19-17-8-16-18-19)24-15-7-5-12(10(2)22-15)23-11(3)20/h5,7-10,12-15H,4,6H2,1-3H3/t9-,10-,12+,13-,14?,15-/m0/s1. The molecule has 0 bridgehead atoms. The van der Waals surface area contributed by atoms with Crippen LogP contribution in [0, 0.1) is 0 Å². The third kappa shape index (κ3) is 3.97. The van der Waals surface area contributed by atoms with Gasteiger partial charge in [-0.25, -0.2) is 0 Å². The smallest absolute Gasteiger partial charge is 0.303 e. The molecule has 3 rings (SSSR count). The molecule has 1 unspecified atom stereocenters. The molecule has 0 amide bonds. The summed E-state index contributed by atoms with van der Waals surface area (Å²) >= 11 is 0. The molecule has 3 heterocycles. The monoisotopic (exact) mass is 338 g/mol. The van der Waals surface area contributed by atoms with E-state index in [2.05, 4.69) is 15.4 Å². The lowest BCUT2D eigenvalue weighted by atomic mass is 10.1. The van der Waals surface area contributed by atoms with Crippen molar-refractivity contribution in [1.29, 1.82) is 0 Å². The number of carbonyl (C=O) groups is 1. The highest BCUT2D eigenvalue weighted by Gasteiger charge is 2.34. The molecule has 0 spiro atoms. The van der Waals surface area contributed by atoms with Crippen LogP contribution in [0.15, 0.2) is 18.5 Å². The van der Waals surface area contributed by atoms with E-state index < -0.39 is 6.29 Å². The fraction of sp³-hybridized carbons (Fsp3) is 0.733. The van der Waals surface area contributed by atoms with Crippen LogP contribution in [0.3, 0.4) is 0 Å². The van der Waals surface area contributed by atoms with Gasteiger partial charge in [0.2, 0.25) is 0 Å². The Morgan fingerprint density at radius 1 is 1.21 bits per heavy atom. The van der Waals surface area contributed by atoms with E-state index in [4.69, 9.17) is 18.9 Å². The Labute approximate surface area is 139 Å². The molecule has 0 N–H and O–H groups in total. The molecular formula is C15H22N4O5. The summed E-state index contributed by atoms with van der Waals surface area (Å²) in [7, 11) is 0. The molecular weight excluding hydrogens is 316 g/mol. The van der Waals surface area contributed by atoms with E-state index in [9.17, 15) is 4.79 Å². The number of aromatic nitrogens is 4. The highest BCUT2D eigenvalue weighted by molar-refractivity contribution is 5.66. The Morgan fingerprint density at radius 3 is 2.67 bits per heavy atom. The third-order valence-corrected chi connectivity index (χ3v) is 4.10. The van der Waals surface area contributed by atoms with Gasteiger partial charge >= 0.3 is 5.97 Å². The first-order valence-electron chi connectivity index (χ1n) is 8.07. The highest BCUT2D eigenvalue weighted by atomic mass is 16.7. The SMILES string of the molecule is CC(=O)O[C@@H]1C=C[C@H](O[C@H]2CCC(n3ncnn3)O[C@H]2C)O[C@H]1C. The number of carbonyl (C=O) groups excluding carboxylic acids is 1. The molecule has 0 radical (unpaired) electrons.